The van der Waals surface area contributed by atoms with E-state index in [-0.39, 0.29) is 12.8 Å². The van der Waals surface area contributed by atoms with E-state index in [1.165, 1.54) is 0 Å². The van der Waals surface area contributed by atoms with Gasteiger partial charge in [0.25, 0.3) is 0 Å². The molecule has 1 unspecified atom stereocenters. The van der Waals surface area contributed by atoms with Gasteiger partial charge in [-0.1, -0.05) is 24.3 Å². The predicted molar refractivity (Wildman–Crippen MR) is 92.2 cm³/mol. The summed E-state index contributed by atoms with van der Waals surface area (Å²) in [6.07, 6.45) is 0. The number of hydrogen-bond donors (Lipinski definition) is 0. The molecule has 0 bridgehead atoms. The Morgan fingerprint density at radius 1 is 1.04 bits per heavy atom. The maximum atomic E-state index is 5.86. The van der Waals surface area contributed by atoms with E-state index in [1.807, 2.05) is 55.6 Å². The fraction of sp³-hybridized carbons (Fsp3) is 0.263. The van der Waals surface area contributed by atoms with Crippen molar-refractivity contribution in [1.29, 1.82) is 0 Å². The van der Waals surface area contributed by atoms with Crippen LogP contribution < -0.4 is 9.47 Å². The molecule has 1 aliphatic rings. The lowest BCUT2D eigenvalue weighted by Crippen LogP contribution is -2.22. The molecule has 0 aliphatic carbocycles. The van der Waals surface area contributed by atoms with Crippen molar-refractivity contribution < 1.29 is 13.9 Å². The van der Waals surface area contributed by atoms with Crippen molar-refractivity contribution in [3.8, 4) is 23.0 Å². The summed E-state index contributed by atoms with van der Waals surface area (Å²) >= 11 is 0. The number of hydrogen-bond acceptors (Lipinski definition) is 6. The Bertz CT molecular complexity index is 863. The molecule has 128 valence electrons. The SMILES string of the molecule is CC(c1nnc(-c2ccccc2)o1)N(C)Cc1ccc2c(c1)OCO2. The van der Waals surface area contributed by atoms with Crippen LogP contribution in [0.1, 0.15) is 24.4 Å². The Morgan fingerprint density at radius 2 is 1.84 bits per heavy atom. The minimum atomic E-state index is -0.00427. The fourth-order valence-electron chi connectivity index (χ4n) is 2.75. The van der Waals surface area contributed by atoms with Crippen molar-refractivity contribution in [1.82, 2.24) is 15.1 Å². The second-order valence-corrected chi connectivity index (χ2v) is 6.09. The van der Waals surface area contributed by atoms with Gasteiger partial charge in [0.15, 0.2) is 11.5 Å². The second-order valence-electron chi connectivity index (χ2n) is 6.09. The molecule has 1 aromatic heterocycles. The van der Waals surface area contributed by atoms with Gasteiger partial charge in [0.1, 0.15) is 0 Å². The van der Waals surface area contributed by atoms with Gasteiger partial charge in [-0.2, -0.15) is 0 Å². The monoisotopic (exact) mass is 337 g/mol. The predicted octanol–water partition coefficient (Wildman–Crippen LogP) is 3.66. The molecule has 0 radical (unpaired) electrons. The first-order valence-corrected chi connectivity index (χ1v) is 8.18. The summed E-state index contributed by atoms with van der Waals surface area (Å²) in [4.78, 5) is 2.15. The smallest absolute Gasteiger partial charge is 0.247 e. The van der Waals surface area contributed by atoms with E-state index in [0.29, 0.717) is 11.8 Å². The zero-order valence-electron chi connectivity index (χ0n) is 14.2. The Kier molecular flexibility index (Phi) is 4.11. The van der Waals surface area contributed by atoms with E-state index in [4.69, 9.17) is 13.9 Å². The Morgan fingerprint density at radius 3 is 2.68 bits per heavy atom. The van der Waals surface area contributed by atoms with Gasteiger partial charge < -0.3 is 13.9 Å². The van der Waals surface area contributed by atoms with Crippen LogP contribution in [0.15, 0.2) is 52.9 Å². The van der Waals surface area contributed by atoms with Gasteiger partial charge in [0, 0.05) is 12.1 Å². The van der Waals surface area contributed by atoms with Crippen LogP contribution in [0, 0.1) is 0 Å². The number of benzene rings is 2. The zero-order valence-corrected chi connectivity index (χ0v) is 14.2. The van der Waals surface area contributed by atoms with Gasteiger partial charge in [-0.3, -0.25) is 4.90 Å². The molecule has 2 aromatic carbocycles. The highest BCUT2D eigenvalue weighted by molar-refractivity contribution is 5.51. The molecule has 0 amide bonds. The third-order valence-corrected chi connectivity index (χ3v) is 4.35. The average Bonchev–Trinajstić information content (AvgIpc) is 3.31. The summed E-state index contributed by atoms with van der Waals surface area (Å²) in [5.74, 6) is 2.73. The first kappa shape index (κ1) is 15.7. The molecule has 0 saturated carbocycles. The van der Waals surface area contributed by atoms with E-state index in [9.17, 15) is 0 Å². The average molecular weight is 337 g/mol. The highest BCUT2D eigenvalue weighted by Gasteiger charge is 2.20. The van der Waals surface area contributed by atoms with Crippen LogP contribution in [0.4, 0.5) is 0 Å². The summed E-state index contributed by atoms with van der Waals surface area (Å²) in [5, 5.41) is 8.37. The van der Waals surface area contributed by atoms with Crippen LogP contribution in [-0.4, -0.2) is 28.9 Å². The molecular weight excluding hydrogens is 318 g/mol. The third kappa shape index (κ3) is 3.21. The molecule has 3 aromatic rings. The van der Waals surface area contributed by atoms with E-state index < -0.39 is 0 Å². The summed E-state index contributed by atoms with van der Waals surface area (Å²) in [5.41, 5.74) is 2.06. The number of rotatable bonds is 5. The summed E-state index contributed by atoms with van der Waals surface area (Å²) < 4.78 is 16.6. The van der Waals surface area contributed by atoms with Gasteiger partial charge in [-0.15, -0.1) is 10.2 Å². The van der Waals surface area contributed by atoms with Crippen LogP contribution in [0.3, 0.4) is 0 Å². The molecule has 6 heteroatoms. The summed E-state index contributed by atoms with van der Waals surface area (Å²) in [6.45, 7) is 3.07. The van der Waals surface area contributed by atoms with E-state index in [1.54, 1.807) is 0 Å². The van der Waals surface area contributed by atoms with Crippen LogP contribution in [0.2, 0.25) is 0 Å². The molecule has 0 fully saturated rings. The van der Waals surface area contributed by atoms with Crippen molar-refractivity contribution in [3.05, 3.63) is 60.0 Å². The highest BCUT2D eigenvalue weighted by Crippen LogP contribution is 2.33. The standard InChI is InChI=1S/C19H19N3O3/c1-13(18-20-21-19(25-18)15-6-4-3-5-7-15)22(2)11-14-8-9-16-17(10-14)24-12-23-16/h3-10,13H,11-12H2,1-2H3. The summed E-state index contributed by atoms with van der Waals surface area (Å²) in [7, 11) is 2.03. The number of fused-ring (bicyclic) bond motifs is 1. The minimum Gasteiger partial charge on any atom is -0.454 e. The van der Waals surface area contributed by atoms with E-state index >= 15 is 0 Å². The lowest BCUT2D eigenvalue weighted by molar-refractivity contribution is 0.174. The van der Waals surface area contributed by atoms with Gasteiger partial charge in [0.2, 0.25) is 18.6 Å². The number of nitrogens with zero attached hydrogens (tertiary/aromatic N) is 3. The molecule has 0 spiro atoms. The Balaban J connectivity index is 1.47. The van der Waals surface area contributed by atoms with Crippen LogP contribution in [0.5, 0.6) is 11.5 Å². The zero-order chi connectivity index (χ0) is 17.2. The molecule has 6 nitrogen and oxygen atoms in total. The minimum absolute atomic E-state index is 0.00427. The van der Waals surface area contributed by atoms with Crippen molar-refractivity contribution >= 4 is 0 Å². The van der Waals surface area contributed by atoms with Crippen molar-refractivity contribution in [3.63, 3.8) is 0 Å². The number of aromatic nitrogens is 2. The van der Waals surface area contributed by atoms with Gasteiger partial charge in [0.05, 0.1) is 6.04 Å². The maximum Gasteiger partial charge on any atom is 0.247 e. The quantitative estimate of drug-likeness (QED) is 0.708. The molecule has 1 atom stereocenters. The van der Waals surface area contributed by atoms with E-state index in [0.717, 1.165) is 29.2 Å². The highest BCUT2D eigenvalue weighted by atomic mass is 16.7. The Labute approximate surface area is 146 Å². The van der Waals surface area contributed by atoms with Crippen molar-refractivity contribution in [2.24, 2.45) is 0 Å². The molecule has 1 aliphatic heterocycles. The van der Waals surface area contributed by atoms with Crippen LogP contribution in [0.25, 0.3) is 11.5 Å². The lowest BCUT2D eigenvalue weighted by atomic mass is 10.1. The van der Waals surface area contributed by atoms with Crippen molar-refractivity contribution in [2.75, 3.05) is 13.8 Å². The molecule has 0 saturated heterocycles. The van der Waals surface area contributed by atoms with Gasteiger partial charge in [-0.05, 0) is 43.8 Å². The number of ether oxygens (including phenoxy) is 2. The largest absolute Gasteiger partial charge is 0.454 e. The van der Waals surface area contributed by atoms with E-state index in [2.05, 4.69) is 22.0 Å². The Hall–Kier alpha value is -2.86. The molecule has 0 N–H and O–H groups in total. The fourth-order valence-corrected chi connectivity index (χ4v) is 2.75. The van der Waals surface area contributed by atoms with Crippen molar-refractivity contribution in [2.45, 2.75) is 19.5 Å². The summed E-state index contributed by atoms with van der Waals surface area (Å²) in [6, 6.07) is 15.8. The lowest BCUT2D eigenvalue weighted by Gasteiger charge is -2.21. The maximum absolute atomic E-state index is 5.86. The second kappa shape index (κ2) is 6.57. The first-order chi connectivity index (χ1) is 12.2. The molecule has 2 heterocycles. The molecule has 25 heavy (non-hydrogen) atoms. The normalized spacial score (nSPS) is 14.0. The molecule has 4 rings (SSSR count). The third-order valence-electron chi connectivity index (χ3n) is 4.35. The van der Waals surface area contributed by atoms with Gasteiger partial charge in [-0.25, -0.2) is 0 Å². The van der Waals surface area contributed by atoms with Crippen LogP contribution >= 0.6 is 0 Å². The van der Waals surface area contributed by atoms with Gasteiger partial charge >= 0.3 is 0 Å². The van der Waals surface area contributed by atoms with Crippen LogP contribution in [-0.2, 0) is 6.54 Å². The first-order valence-electron chi connectivity index (χ1n) is 8.18. The molecular formula is C19H19N3O3. The topological polar surface area (TPSA) is 60.6 Å².